The van der Waals surface area contributed by atoms with E-state index in [-0.39, 0.29) is 5.91 Å². The van der Waals surface area contributed by atoms with Crippen LogP contribution in [0.5, 0.6) is 0 Å². The third-order valence-electron chi connectivity index (χ3n) is 5.60. The summed E-state index contributed by atoms with van der Waals surface area (Å²) in [4.78, 5) is 22.1. The highest BCUT2D eigenvalue weighted by Gasteiger charge is 2.23. The maximum Gasteiger partial charge on any atom is 0.255 e. The number of benzene rings is 2. The molecule has 4 heteroatoms. The van der Waals surface area contributed by atoms with Gasteiger partial charge in [-0.25, -0.2) is 0 Å². The molecule has 1 aromatic heterocycles. The van der Waals surface area contributed by atoms with Crippen molar-refractivity contribution in [3.05, 3.63) is 89.6 Å². The van der Waals surface area contributed by atoms with Crippen molar-refractivity contribution < 1.29 is 4.79 Å². The number of carbonyl (C=O) groups excluding carboxylic acids is 1. The summed E-state index contributed by atoms with van der Waals surface area (Å²) < 4.78 is 0. The van der Waals surface area contributed by atoms with Gasteiger partial charge in [-0.3, -0.25) is 14.7 Å². The van der Waals surface area contributed by atoms with Gasteiger partial charge in [0.05, 0.1) is 17.0 Å². The maximum absolute atomic E-state index is 13.0. The summed E-state index contributed by atoms with van der Waals surface area (Å²) >= 11 is 0. The number of carbonyl (C=O) groups is 1. The van der Waals surface area contributed by atoms with Crippen molar-refractivity contribution >= 4 is 5.91 Å². The van der Waals surface area contributed by atoms with E-state index in [4.69, 9.17) is 0 Å². The lowest BCUT2D eigenvalue weighted by Gasteiger charge is -2.35. The number of amides is 1. The third-order valence-corrected chi connectivity index (χ3v) is 5.60. The molecule has 1 aliphatic heterocycles. The maximum atomic E-state index is 13.0. The van der Waals surface area contributed by atoms with Gasteiger partial charge in [0.1, 0.15) is 0 Å². The van der Waals surface area contributed by atoms with Crippen molar-refractivity contribution in [2.75, 3.05) is 32.7 Å². The van der Waals surface area contributed by atoms with Crippen molar-refractivity contribution in [2.24, 2.45) is 0 Å². The molecule has 0 saturated carbocycles. The van der Waals surface area contributed by atoms with E-state index < -0.39 is 0 Å². The molecule has 0 unspecified atom stereocenters. The SMILES string of the molecule is Cc1nc(-c2ccccc2)ccc1C(=O)N1CCN(CCc2ccccc2)CC1. The van der Waals surface area contributed by atoms with Crippen LogP contribution in [-0.4, -0.2) is 53.4 Å². The van der Waals surface area contributed by atoms with Crippen LogP contribution in [0.3, 0.4) is 0 Å². The Bertz CT molecular complexity index is 948. The minimum atomic E-state index is 0.0947. The van der Waals surface area contributed by atoms with E-state index >= 15 is 0 Å². The summed E-state index contributed by atoms with van der Waals surface area (Å²) in [5.41, 5.74) is 4.85. The summed E-state index contributed by atoms with van der Waals surface area (Å²) in [7, 11) is 0. The molecule has 0 aliphatic carbocycles. The van der Waals surface area contributed by atoms with Crippen LogP contribution in [0.4, 0.5) is 0 Å². The van der Waals surface area contributed by atoms with Crippen LogP contribution in [0.25, 0.3) is 11.3 Å². The largest absolute Gasteiger partial charge is 0.336 e. The lowest BCUT2D eigenvalue weighted by Crippen LogP contribution is -2.49. The van der Waals surface area contributed by atoms with Gasteiger partial charge in [0.15, 0.2) is 0 Å². The monoisotopic (exact) mass is 385 g/mol. The number of pyridine rings is 1. The van der Waals surface area contributed by atoms with Gasteiger partial charge in [-0.1, -0.05) is 60.7 Å². The molecule has 3 aromatic rings. The summed E-state index contributed by atoms with van der Waals surface area (Å²) in [6.45, 7) is 6.36. The van der Waals surface area contributed by atoms with Crippen LogP contribution in [0.2, 0.25) is 0 Å². The first-order valence-corrected chi connectivity index (χ1v) is 10.3. The average molecular weight is 386 g/mol. The summed E-state index contributed by atoms with van der Waals surface area (Å²) in [6, 6.07) is 24.5. The standard InChI is InChI=1S/C25H27N3O/c1-20-23(12-13-24(26-20)22-10-6-3-7-11-22)25(29)28-18-16-27(17-19-28)15-14-21-8-4-2-5-9-21/h2-13H,14-19H2,1H3. The molecule has 148 valence electrons. The second-order valence-electron chi connectivity index (χ2n) is 7.56. The molecule has 29 heavy (non-hydrogen) atoms. The van der Waals surface area contributed by atoms with Crippen molar-refractivity contribution in [2.45, 2.75) is 13.3 Å². The van der Waals surface area contributed by atoms with E-state index in [1.54, 1.807) is 0 Å². The predicted molar refractivity (Wildman–Crippen MR) is 117 cm³/mol. The van der Waals surface area contributed by atoms with Crippen LogP contribution in [-0.2, 0) is 6.42 Å². The Balaban J connectivity index is 1.34. The van der Waals surface area contributed by atoms with Gasteiger partial charge in [-0.15, -0.1) is 0 Å². The second-order valence-corrected chi connectivity index (χ2v) is 7.56. The van der Waals surface area contributed by atoms with Gasteiger partial charge in [-0.2, -0.15) is 0 Å². The molecule has 2 aromatic carbocycles. The number of hydrogen-bond donors (Lipinski definition) is 0. The Labute approximate surface area is 172 Å². The normalized spacial score (nSPS) is 14.7. The van der Waals surface area contributed by atoms with E-state index in [1.807, 2.05) is 54.3 Å². The van der Waals surface area contributed by atoms with Gasteiger partial charge in [0.25, 0.3) is 5.91 Å². The van der Waals surface area contributed by atoms with E-state index in [2.05, 4.69) is 40.2 Å². The molecule has 0 bridgehead atoms. The van der Waals surface area contributed by atoms with E-state index in [0.29, 0.717) is 5.56 Å². The van der Waals surface area contributed by atoms with Gasteiger partial charge >= 0.3 is 0 Å². The fraction of sp³-hybridized carbons (Fsp3) is 0.280. The molecule has 2 heterocycles. The lowest BCUT2D eigenvalue weighted by atomic mass is 10.1. The molecule has 0 spiro atoms. The molecular formula is C25H27N3O. The number of nitrogens with zero attached hydrogens (tertiary/aromatic N) is 3. The molecule has 1 saturated heterocycles. The van der Waals surface area contributed by atoms with E-state index in [9.17, 15) is 4.79 Å². The number of hydrogen-bond acceptors (Lipinski definition) is 3. The second kappa shape index (κ2) is 9.01. The molecular weight excluding hydrogens is 358 g/mol. The molecule has 4 nitrogen and oxygen atoms in total. The minimum Gasteiger partial charge on any atom is -0.336 e. The molecule has 1 fully saturated rings. The Hall–Kier alpha value is -2.98. The summed E-state index contributed by atoms with van der Waals surface area (Å²) in [5.74, 6) is 0.0947. The smallest absolute Gasteiger partial charge is 0.255 e. The van der Waals surface area contributed by atoms with Gasteiger partial charge in [0.2, 0.25) is 0 Å². The first-order valence-electron chi connectivity index (χ1n) is 10.3. The Kier molecular flexibility index (Phi) is 6.01. The number of aromatic nitrogens is 1. The molecule has 0 atom stereocenters. The Morgan fingerprint density at radius 1 is 0.862 bits per heavy atom. The van der Waals surface area contributed by atoms with Crippen LogP contribution in [0, 0.1) is 6.92 Å². The topological polar surface area (TPSA) is 36.4 Å². The molecule has 0 radical (unpaired) electrons. The van der Waals surface area contributed by atoms with Gasteiger partial charge in [0, 0.05) is 38.3 Å². The minimum absolute atomic E-state index is 0.0947. The van der Waals surface area contributed by atoms with Crippen molar-refractivity contribution in [3.8, 4) is 11.3 Å². The van der Waals surface area contributed by atoms with Crippen LogP contribution in [0.15, 0.2) is 72.8 Å². The predicted octanol–water partition coefficient (Wildman–Crippen LogP) is 4.06. The lowest BCUT2D eigenvalue weighted by molar-refractivity contribution is 0.0637. The molecule has 4 rings (SSSR count). The zero-order valence-corrected chi connectivity index (χ0v) is 16.9. The van der Waals surface area contributed by atoms with E-state index in [0.717, 1.165) is 56.1 Å². The average Bonchev–Trinajstić information content (AvgIpc) is 2.79. The molecule has 1 aliphatic rings. The number of piperazine rings is 1. The summed E-state index contributed by atoms with van der Waals surface area (Å²) in [5, 5.41) is 0. The van der Waals surface area contributed by atoms with Crippen LogP contribution in [0.1, 0.15) is 21.6 Å². The zero-order valence-electron chi connectivity index (χ0n) is 16.9. The fourth-order valence-electron chi connectivity index (χ4n) is 3.83. The summed E-state index contributed by atoms with van der Waals surface area (Å²) in [6.07, 6.45) is 1.05. The first kappa shape index (κ1) is 19.3. The van der Waals surface area contributed by atoms with Crippen LogP contribution < -0.4 is 0 Å². The number of aryl methyl sites for hydroxylation is 1. The highest BCUT2D eigenvalue weighted by molar-refractivity contribution is 5.95. The third kappa shape index (κ3) is 4.72. The van der Waals surface area contributed by atoms with Crippen LogP contribution >= 0.6 is 0 Å². The Morgan fingerprint density at radius 2 is 1.52 bits per heavy atom. The molecule has 1 amide bonds. The Morgan fingerprint density at radius 3 is 2.17 bits per heavy atom. The quantitative estimate of drug-likeness (QED) is 0.665. The van der Waals surface area contributed by atoms with Gasteiger partial charge in [-0.05, 0) is 31.0 Å². The van der Waals surface area contributed by atoms with Gasteiger partial charge < -0.3 is 4.90 Å². The zero-order chi connectivity index (χ0) is 20.1. The first-order chi connectivity index (χ1) is 14.2. The highest BCUT2D eigenvalue weighted by Crippen LogP contribution is 2.20. The number of rotatable bonds is 5. The van der Waals surface area contributed by atoms with Crippen molar-refractivity contribution in [3.63, 3.8) is 0 Å². The molecule has 0 N–H and O–H groups in total. The van der Waals surface area contributed by atoms with Crippen molar-refractivity contribution in [1.29, 1.82) is 0 Å². The highest BCUT2D eigenvalue weighted by atomic mass is 16.2. The fourth-order valence-corrected chi connectivity index (χ4v) is 3.83. The van der Waals surface area contributed by atoms with E-state index in [1.165, 1.54) is 5.56 Å². The van der Waals surface area contributed by atoms with Crippen molar-refractivity contribution in [1.82, 2.24) is 14.8 Å².